The lowest BCUT2D eigenvalue weighted by molar-refractivity contribution is -0.147. The second-order valence-corrected chi connectivity index (χ2v) is 14.4. The molecular formula is C31H56N4O4S. The van der Waals surface area contributed by atoms with Gasteiger partial charge in [-0.3, -0.25) is 24.6 Å². The van der Waals surface area contributed by atoms with Crippen LogP contribution < -0.4 is 16.1 Å². The van der Waals surface area contributed by atoms with Crippen LogP contribution in [0, 0.1) is 0 Å². The van der Waals surface area contributed by atoms with E-state index in [4.69, 9.17) is 0 Å². The maximum absolute atomic E-state index is 12.7. The number of rotatable bonds is 19. The molecule has 0 aromatic carbocycles. The summed E-state index contributed by atoms with van der Waals surface area (Å²) in [6, 6.07) is 0.130. The van der Waals surface area contributed by atoms with E-state index in [1.807, 2.05) is 0 Å². The van der Waals surface area contributed by atoms with Crippen molar-refractivity contribution in [3.8, 4) is 0 Å². The molecule has 8 nitrogen and oxygen atoms in total. The molecule has 0 aromatic heterocycles. The zero-order chi connectivity index (χ0) is 29.6. The number of thioether (sulfide) groups is 1. The topological polar surface area (TPSA) is 108 Å². The molecule has 3 N–H and O–H groups in total. The summed E-state index contributed by atoms with van der Waals surface area (Å²) in [4.78, 5) is 49.9. The summed E-state index contributed by atoms with van der Waals surface area (Å²) >= 11 is 1.53. The first-order valence-corrected chi connectivity index (χ1v) is 16.8. The molecule has 1 unspecified atom stereocenters. The molecule has 0 aromatic rings. The molecule has 2 heterocycles. The van der Waals surface area contributed by atoms with Gasteiger partial charge in [-0.2, -0.15) is 5.01 Å². The maximum atomic E-state index is 12.7. The van der Waals surface area contributed by atoms with Crippen LogP contribution >= 0.6 is 11.8 Å². The van der Waals surface area contributed by atoms with Gasteiger partial charge in [0.1, 0.15) is 0 Å². The van der Waals surface area contributed by atoms with Crippen molar-refractivity contribution in [1.29, 1.82) is 0 Å². The third-order valence-corrected chi connectivity index (χ3v) is 9.07. The minimum atomic E-state index is -0.403. The number of nitrogens with one attached hydrogen (secondary N) is 3. The van der Waals surface area contributed by atoms with Gasteiger partial charge in [0, 0.05) is 36.4 Å². The fraction of sp³-hybridized carbons (Fsp3) is 0.871. The van der Waals surface area contributed by atoms with E-state index in [1.165, 1.54) is 63.1 Å². The Balaban J connectivity index is 1.55. The molecule has 2 fully saturated rings. The second kappa shape index (κ2) is 17.4. The van der Waals surface area contributed by atoms with Gasteiger partial charge in [-0.15, -0.1) is 11.8 Å². The van der Waals surface area contributed by atoms with E-state index in [-0.39, 0.29) is 53.6 Å². The van der Waals surface area contributed by atoms with E-state index in [1.54, 1.807) is 0 Å². The third kappa shape index (κ3) is 13.4. The standard InChI is InChI=1S/C31H56N4O4S/c1-6-7-8-9-10-11-12-13-14-17-20-40-25-21-28(38)35(29(25)39)33-27(37)19-16-15-18-26(36)32-24-22-30(2,3)34-31(4,5)23-24/h24-25,34H,6-23H2,1-5H3,(H,32,36)(H,33,37). The average molecular weight is 581 g/mol. The lowest BCUT2D eigenvalue weighted by atomic mass is 9.79. The molecule has 230 valence electrons. The number of carbonyl (C=O) groups is 4. The summed E-state index contributed by atoms with van der Waals surface area (Å²) in [7, 11) is 0. The molecule has 0 bridgehead atoms. The van der Waals surface area contributed by atoms with Crippen LogP contribution in [0.2, 0.25) is 0 Å². The minimum absolute atomic E-state index is 0.00563. The highest BCUT2D eigenvalue weighted by Crippen LogP contribution is 2.29. The number of nitrogens with zero attached hydrogens (tertiary/aromatic N) is 1. The number of hydrogen-bond donors (Lipinski definition) is 3. The predicted octanol–water partition coefficient (Wildman–Crippen LogP) is 5.79. The van der Waals surface area contributed by atoms with Gasteiger partial charge >= 0.3 is 0 Å². The van der Waals surface area contributed by atoms with Gasteiger partial charge in [0.25, 0.3) is 5.91 Å². The largest absolute Gasteiger partial charge is 0.353 e. The van der Waals surface area contributed by atoms with Crippen LogP contribution in [-0.2, 0) is 19.2 Å². The van der Waals surface area contributed by atoms with Crippen LogP contribution in [0.5, 0.6) is 0 Å². The van der Waals surface area contributed by atoms with E-state index in [9.17, 15) is 19.2 Å². The van der Waals surface area contributed by atoms with Crippen molar-refractivity contribution in [2.45, 2.75) is 166 Å². The van der Waals surface area contributed by atoms with Crippen LogP contribution in [0.3, 0.4) is 0 Å². The van der Waals surface area contributed by atoms with E-state index in [2.05, 4.69) is 50.7 Å². The Morgan fingerprint density at radius 3 is 1.93 bits per heavy atom. The van der Waals surface area contributed by atoms with Gasteiger partial charge < -0.3 is 10.6 Å². The van der Waals surface area contributed by atoms with Gasteiger partial charge in [-0.25, -0.2) is 0 Å². The van der Waals surface area contributed by atoms with E-state index < -0.39 is 5.25 Å². The van der Waals surface area contributed by atoms with Crippen molar-refractivity contribution < 1.29 is 19.2 Å². The lowest BCUT2D eigenvalue weighted by Crippen LogP contribution is -2.62. The van der Waals surface area contributed by atoms with Crippen LogP contribution in [0.25, 0.3) is 0 Å². The number of carbonyl (C=O) groups excluding carboxylic acids is 4. The van der Waals surface area contributed by atoms with Crippen molar-refractivity contribution in [1.82, 2.24) is 21.1 Å². The maximum Gasteiger partial charge on any atom is 0.261 e. The fourth-order valence-electron chi connectivity index (χ4n) is 6.14. The Labute approximate surface area is 247 Å². The van der Waals surface area contributed by atoms with Crippen molar-refractivity contribution >= 4 is 35.4 Å². The molecule has 2 saturated heterocycles. The molecule has 4 amide bonds. The first-order valence-electron chi connectivity index (χ1n) is 15.8. The fourth-order valence-corrected chi connectivity index (χ4v) is 7.31. The van der Waals surface area contributed by atoms with Crippen molar-refractivity contribution in [2.75, 3.05) is 5.75 Å². The Kier molecular flexibility index (Phi) is 15.0. The molecule has 2 aliphatic heterocycles. The summed E-state index contributed by atoms with van der Waals surface area (Å²) in [5.41, 5.74) is 2.43. The Bertz CT molecular complexity index is 816. The molecule has 0 spiro atoms. The number of unbranched alkanes of at least 4 members (excludes halogenated alkanes) is 10. The number of amides is 4. The van der Waals surface area contributed by atoms with Crippen molar-refractivity contribution in [2.24, 2.45) is 0 Å². The SMILES string of the molecule is CCCCCCCCCCCCSC1CC(=O)N(NC(=O)CCCCC(=O)NC2CC(C)(C)NC(C)(C)C2)C1=O. The third-order valence-electron chi connectivity index (χ3n) is 7.77. The monoisotopic (exact) mass is 580 g/mol. The molecule has 2 rings (SSSR count). The quantitative estimate of drug-likeness (QED) is 0.132. The van der Waals surface area contributed by atoms with Crippen molar-refractivity contribution in [3.63, 3.8) is 0 Å². The molecule has 2 aliphatic rings. The van der Waals surface area contributed by atoms with Crippen LogP contribution in [-0.4, -0.2) is 56.8 Å². The molecule has 40 heavy (non-hydrogen) atoms. The highest BCUT2D eigenvalue weighted by Gasteiger charge is 2.40. The first-order chi connectivity index (χ1) is 18.9. The minimum Gasteiger partial charge on any atom is -0.353 e. The van der Waals surface area contributed by atoms with Crippen molar-refractivity contribution in [3.05, 3.63) is 0 Å². The smallest absolute Gasteiger partial charge is 0.261 e. The Morgan fingerprint density at radius 1 is 0.825 bits per heavy atom. The molecule has 9 heteroatoms. The first kappa shape index (κ1) is 34.6. The average Bonchev–Trinajstić information content (AvgIpc) is 3.10. The number of hydrogen-bond acceptors (Lipinski definition) is 6. The zero-order valence-corrected chi connectivity index (χ0v) is 26.7. The number of hydrazine groups is 1. The summed E-state index contributed by atoms with van der Waals surface area (Å²) in [5, 5.41) is 7.28. The summed E-state index contributed by atoms with van der Waals surface area (Å²) in [6.07, 6.45) is 16.2. The van der Waals surface area contributed by atoms with Crippen LogP contribution in [0.1, 0.15) is 144 Å². The highest BCUT2D eigenvalue weighted by atomic mass is 32.2. The summed E-state index contributed by atoms with van der Waals surface area (Å²) in [6.45, 7) is 10.9. The second-order valence-electron chi connectivity index (χ2n) is 13.1. The van der Waals surface area contributed by atoms with Gasteiger partial charge in [-0.1, -0.05) is 64.7 Å². The Hall–Kier alpha value is -1.61. The van der Waals surface area contributed by atoms with Gasteiger partial charge in [0.2, 0.25) is 17.7 Å². The van der Waals surface area contributed by atoms with E-state index >= 15 is 0 Å². The molecule has 0 aliphatic carbocycles. The zero-order valence-electron chi connectivity index (χ0n) is 25.9. The normalized spacial score (nSPS) is 20.6. The van der Waals surface area contributed by atoms with E-state index in [0.29, 0.717) is 19.3 Å². The van der Waals surface area contributed by atoms with Crippen LogP contribution in [0.4, 0.5) is 0 Å². The Morgan fingerprint density at radius 2 is 1.35 bits per heavy atom. The number of imide groups is 1. The van der Waals surface area contributed by atoms with Gasteiger partial charge in [0.05, 0.1) is 5.25 Å². The number of piperidine rings is 1. The highest BCUT2D eigenvalue weighted by molar-refractivity contribution is 8.00. The van der Waals surface area contributed by atoms with Gasteiger partial charge in [0.15, 0.2) is 0 Å². The summed E-state index contributed by atoms with van der Waals surface area (Å²) < 4.78 is 0. The van der Waals surface area contributed by atoms with Gasteiger partial charge in [-0.05, 0) is 65.6 Å². The van der Waals surface area contributed by atoms with E-state index in [0.717, 1.165) is 36.4 Å². The lowest BCUT2D eigenvalue weighted by Gasteiger charge is -2.46. The molecule has 0 radical (unpaired) electrons. The molecule has 0 saturated carbocycles. The summed E-state index contributed by atoms with van der Waals surface area (Å²) in [5.74, 6) is -0.153. The predicted molar refractivity (Wildman–Crippen MR) is 164 cm³/mol. The van der Waals surface area contributed by atoms with Crippen LogP contribution in [0.15, 0.2) is 0 Å². The molecular weight excluding hydrogens is 524 g/mol. The molecule has 1 atom stereocenters.